The molecule has 1 saturated heterocycles. The van der Waals surface area contributed by atoms with Crippen molar-refractivity contribution in [2.75, 3.05) is 20.3 Å². The topological polar surface area (TPSA) is 30.5 Å². The minimum absolute atomic E-state index is 0.423. The molecule has 0 spiro atoms. The van der Waals surface area contributed by atoms with Crippen LogP contribution in [0.25, 0.3) is 0 Å². The highest BCUT2D eigenvalue weighted by Gasteiger charge is 2.14. The van der Waals surface area contributed by atoms with E-state index in [1.807, 2.05) is 5.38 Å². The molecule has 1 unspecified atom stereocenters. The highest BCUT2D eigenvalue weighted by Crippen LogP contribution is 2.20. The van der Waals surface area contributed by atoms with Gasteiger partial charge < -0.3 is 14.8 Å². The third-order valence-corrected chi connectivity index (χ3v) is 3.48. The van der Waals surface area contributed by atoms with Crippen molar-refractivity contribution in [2.24, 2.45) is 0 Å². The fourth-order valence-corrected chi connectivity index (χ4v) is 2.52. The van der Waals surface area contributed by atoms with E-state index in [1.165, 1.54) is 17.7 Å². The van der Waals surface area contributed by atoms with Crippen LogP contribution >= 0.6 is 11.3 Å². The Morgan fingerprint density at radius 2 is 2.60 bits per heavy atom. The molecule has 0 aromatic carbocycles. The van der Waals surface area contributed by atoms with Crippen molar-refractivity contribution in [3.8, 4) is 5.75 Å². The first-order chi connectivity index (χ1) is 7.38. The van der Waals surface area contributed by atoms with Crippen LogP contribution in [0.4, 0.5) is 0 Å². The average Bonchev–Trinajstić information content (AvgIpc) is 2.88. The van der Waals surface area contributed by atoms with Gasteiger partial charge >= 0.3 is 0 Å². The monoisotopic (exact) mass is 227 g/mol. The highest BCUT2D eigenvalue weighted by atomic mass is 32.1. The van der Waals surface area contributed by atoms with Crippen molar-refractivity contribution < 1.29 is 9.47 Å². The van der Waals surface area contributed by atoms with Crippen molar-refractivity contribution >= 4 is 11.3 Å². The lowest BCUT2D eigenvalue weighted by Gasteiger charge is -2.09. The van der Waals surface area contributed by atoms with Crippen molar-refractivity contribution in [1.82, 2.24) is 5.32 Å². The molecule has 1 aromatic heterocycles. The predicted octanol–water partition coefficient (Wildman–Crippen LogP) is 2.03. The first-order valence-corrected chi connectivity index (χ1v) is 6.20. The van der Waals surface area contributed by atoms with Gasteiger partial charge in [-0.25, -0.2) is 0 Å². The molecular weight excluding hydrogens is 210 g/mol. The summed E-state index contributed by atoms with van der Waals surface area (Å²) in [4.78, 5) is 1.31. The first-order valence-electron chi connectivity index (χ1n) is 5.32. The molecule has 0 amide bonds. The zero-order chi connectivity index (χ0) is 10.5. The van der Waals surface area contributed by atoms with E-state index >= 15 is 0 Å². The van der Waals surface area contributed by atoms with Gasteiger partial charge in [0.05, 0.1) is 13.2 Å². The Morgan fingerprint density at radius 3 is 3.27 bits per heavy atom. The second-order valence-electron chi connectivity index (χ2n) is 3.72. The van der Waals surface area contributed by atoms with E-state index in [9.17, 15) is 0 Å². The molecule has 0 radical (unpaired) electrons. The maximum Gasteiger partial charge on any atom is 0.129 e. The minimum Gasteiger partial charge on any atom is -0.496 e. The summed E-state index contributed by atoms with van der Waals surface area (Å²) in [5, 5.41) is 5.44. The third kappa shape index (κ3) is 3.19. The zero-order valence-electron chi connectivity index (χ0n) is 8.99. The van der Waals surface area contributed by atoms with Gasteiger partial charge in [0.25, 0.3) is 0 Å². The number of methoxy groups -OCH3 is 1. The van der Waals surface area contributed by atoms with Gasteiger partial charge in [0.2, 0.25) is 0 Å². The Bertz CT molecular complexity index is 295. The summed E-state index contributed by atoms with van der Waals surface area (Å²) in [5.74, 6) is 0.953. The summed E-state index contributed by atoms with van der Waals surface area (Å²) < 4.78 is 10.7. The van der Waals surface area contributed by atoms with E-state index in [0.29, 0.717) is 6.10 Å². The van der Waals surface area contributed by atoms with Gasteiger partial charge in [0.15, 0.2) is 0 Å². The van der Waals surface area contributed by atoms with Crippen LogP contribution in [0.5, 0.6) is 5.75 Å². The molecule has 1 fully saturated rings. The second-order valence-corrected chi connectivity index (χ2v) is 4.71. The van der Waals surface area contributed by atoms with Crippen LogP contribution in [0.15, 0.2) is 11.4 Å². The molecule has 15 heavy (non-hydrogen) atoms. The van der Waals surface area contributed by atoms with Gasteiger partial charge in [0, 0.05) is 30.0 Å². The molecule has 1 aliphatic heterocycles. The Balaban J connectivity index is 1.68. The average molecular weight is 227 g/mol. The number of thiophene rings is 1. The predicted molar refractivity (Wildman–Crippen MR) is 61.6 cm³/mol. The summed E-state index contributed by atoms with van der Waals surface area (Å²) in [7, 11) is 1.70. The van der Waals surface area contributed by atoms with Crippen molar-refractivity contribution in [3.05, 3.63) is 16.3 Å². The molecular formula is C11H17NO2S. The summed E-state index contributed by atoms with van der Waals surface area (Å²) in [6.07, 6.45) is 2.83. The van der Waals surface area contributed by atoms with E-state index in [-0.39, 0.29) is 0 Å². The molecule has 4 heteroatoms. The van der Waals surface area contributed by atoms with Crippen LogP contribution in [0.1, 0.15) is 17.7 Å². The summed E-state index contributed by atoms with van der Waals surface area (Å²) >= 11 is 1.73. The molecule has 1 aromatic rings. The second kappa shape index (κ2) is 5.49. The molecule has 0 bridgehead atoms. The van der Waals surface area contributed by atoms with Crippen molar-refractivity contribution in [3.63, 3.8) is 0 Å². The Morgan fingerprint density at radius 1 is 1.67 bits per heavy atom. The van der Waals surface area contributed by atoms with Crippen LogP contribution in [0.3, 0.4) is 0 Å². The molecule has 2 heterocycles. The molecule has 1 N–H and O–H groups in total. The van der Waals surface area contributed by atoms with Gasteiger partial charge in [-0.3, -0.25) is 0 Å². The Kier molecular flexibility index (Phi) is 4.00. The molecule has 2 rings (SSSR count). The SMILES string of the molecule is COc1csc(CNCC2CCCO2)c1. The van der Waals surface area contributed by atoms with Gasteiger partial charge in [-0.2, -0.15) is 0 Å². The first kappa shape index (κ1) is 10.9. The van der Waals surface area contributed by atoms with Gasteiger partial charge in [-0.1, -0.05) is 0 Å². The van der Waals surface area contributed by atoms with E-state index in [0.717, 1.165) is 25.4 Å². The van der Waals surface area contributed by atoms with E-state index in [4.69, 9.17) is 9.47 Å². The van der Waals surface area contributed by atoms with Crippen molar-refractivity contribution in [2.45, 2.75) is 25.5 Å². The Hall–Kier alpha value is -0.580. The lowest BCUT2D eigenvalue weighted by molar-refractivity contribution is 0.110. The number of hydrogen-bond donors (Lipinski definition) is 1. The lowest BCUT2D eigenvalue weighted by Crippen LogP contribution is -2.25. The molecule has 0 aliphatic carbocycles. The quantitative estimate of drug-likeness (QED) is 0.835. The number of ether oxygens (including phenoxy) is 2. The number of nitrogens with one attached hydrogen (secondary N) is 1. The highest BCUT2D eigenvalue weighted by molar-refractivity contribution is 7.10. The molecule has 0 saturated carbocycles. The van der Waals surface area contributed by atoms with E-state index in [2.05, 4.69) is 11.4 Å². The number of hydrogen-bond acceptors (Lipinski definition) is 4. The standard InChI is InChI=1S/C11H17NO2S/c1-13-10-5-11(15-8-10)7-12-6-9-3-2-4-14-9/h5,8-9,12H,2-4,6-7H2,1H3. The molecule has 3 nitrogen and oxygen atoms in total. The normalized spacial score (nSPS) is 20.7. The maximum atomic E-state index is 5.53. The largest absolute Gasteiger partial charge is 0.496 e. The van der Waals surface area contributed by atoms with E-state index < -0.39 is 0 Å². The van der Waals surface area contributed by atoms with Gasteiger partial charge in [-0.05, 0) is 18.9 Å². The van der Waals surface area contributed by atoms with E-state index in [1.54, 1.807) is 18.4 Å². The van der Waals surface area contributed by atoms with Crippen LogP contribution in [0.2, 0.25) is 0 Å². The fourth-order valence-electron chi connectivity index (χ4n) is 1.72. The molecule has 84 valence electrons. The zero-order valence-corrected chi connectivity index (χ0v) is 9.81. The summed E-state index contributed by atoms with van der Waals surface area (Å²) in [6.45, 7) is 2.80. The van der Waals surface area contributed by atoms with Crippen LogP contribution < -0.4 is 10.1 Å². The minimum atomic E-state index is 0.423. The summed E-state index contributed by atoms with van der Waals surface area (Å²) in [5.41, 5.74) is 0. The summed E-state index contributed by atoms with van der Waals surface area (Å²) in [6, 6.07) is 2.08. The maximum absolute atomic E-state index is 5.53. The Labute approximate surface area is 94.4 Å². The van der Waals surface area contributed by atoms with Gasteiger partial charge in [0.1, 0.15) is 5.75 Å². The van der Waals surface area contributed by atoms with Gasteiger partial charge in [-0.15, -0.1) is 11.3 Å². The van der Waals surface area contributed by atoms with Crippen molar-refractivity contribution in [1.29, 1.82) is 0 Å². The number of rotatable bonds is 5. The smallest absolute Gasteiger partial charge is 0.129 e. The van der Waals surface area contributed by atoms with Crippen LogP contribution in [-0.2, 0) is 11.3 Å². The molecule has 1 atom stereocenters. The third-order valence-electron chi connectivity index (χ3n) is 2.56. The fraction of sp³-hybridized carbons (Fsp3) is 0.636. The van der Waals surface area contributed by atoms with Crippen LogP contribution in [0, 0.1) is 0 Å². The molecule has 1 aliphatic rings. The lowest BCUT2D eigenvalue weighted by atomic mass is 10.2. The van der Waals surface area contributed by atoms with Crippen LogP contribution in [-0.4, -0.2) is 26.4 Å².